The van der Waals surface area contributed by atoms with Gasteiger partial charge in [0.1, 0.15) is 11.6 Å². The molecule has 9 nitrogen and oxygen atoms in total. The molecule has 1 saturated carbocycles. The normalized spacial score (nSPS) is 18.3. The van der Waals surface area contributed by atoms with E-state index in [-0.39, 0.29) is 29.2 Å². The number of nitrogens with one attached hydrogen (secondary N) is 2. The number of hydrogen-bond acceptors (Lipinski definition) is 6. The number of ketones is 1. The van der Waals surface area contributed by atoms with Crippen molar-refractivity contribution in [2.24, 2.45) is 11.3 Å². The number of amides is 2. The first-order chi connectivity index (χ1) is 19.8. The number of carbonyl (C=O) groups is 3. The number of rotatable bonds is 12. The number of methoxy groups -OCH3 is 1. The number of hydrogen-bond donors (Lipinski definition) is 2. The predicted octanol–water partition coefficient (Wildman–Crippen LogP) is 5.37. The van der Waals surface area contributed by atoms with E-state index in [0.717, 1.165) is 80.2 Å². The standard InChI is InChI=1S/C32H41N5O4/c1-4-23(39)11-6-5-7-13-27(35-30(40)25-19-32(25)14-16-37(17-15-32)21(2)38)29-33-20-28(34-29)24-18-22-10-8-9-12-26(22)36-31(24)41-3/h8-10,12,18,20,25,27H,4-7,11,13-17,19H2,1-3H3,(H,33,34)(H,35,40)/t25-,27+/m1/s1. The number of piperidine rings is 1. The molecule has 218 valence electrons. The second kappa shape index (κ2) is 12.4. The smallest absolute Gasteiger partial charge is 0.224 e. The third kappa shape index (κ3) is 6.44. The van der Waals surface area contributed by atoms with Crippen molar-refractivity contribution in [2.45, 2.75) is 77.7 Å². The van der Waals surface area contributed by atoms with Gasteiger partial charge in [-0.1, -0.05) is 38.0 Å². The molecule has 0 unspecified atom stereocenters. The van der Waals surface area contributed by atoms with Gasteiger partial charge in [-0.05, 0) is 49.7 Å². The molecule has 2 atom stereocenters. The van der Waals surface area contributed by atoms with Crippen molar-refractivity contribution in [2.75, 3.05) is 20.2 Å². The first-order valence-corrected chi connectivity index (χ1v) is 14.9. The predicted molar refractivity (Wildman–Crippen MR) is 157 cm³/mol. The minimum atomic E-state index is -0.271. The molecule has 5 rings (SSSR count). The summed E-state index contributed by atoms with van der Waals surface area (Å²) in [5.41, 5.74) is 2.46. The van der Waals surface area contributed by atoms with Crippen molar-refractivity contribution < 1.29 is 19.1 Å². The fraction of sp³-hybridized carbons (Fsp3) is 0.531. The second-order valence-corrected chi connectivity index (χ2v) is 11.6. The summed E-state index contributed by atoms with van der Waals surface area (Å²) in [7, 11) is 1.61. The van der Waals surface area contributed by atoms with Crippen LogP contribution >= 0.6 is 0 Å². The summed E-state index contributed by atoms with van der Waals surface area (Å²) < 4.78 is 5.61. The number of imidazole rings is 1. The molecule has 1 saturated heterocycles. The van der Waals surface area contributed by atoms with E-state index in [1.54, 1.807) is 20.2 Å². The van der Waals surface area contributed by atoms with Crippen LogP contribution in [-0.2, 0) is 14.4 Å². The molecule has 3 aromatic rings. The van der Waals surface area contributed by atoms with Crippen LogP contribution in [0.1, 0.15) is 83.5 Å². The molecule has 2 N–H and O–H groups in total. The second-order valence-electron chi connectivity index (χ2n) is 11.6. The Balaban J connectivity index is 1.31. The van der Waals surface area contributed by atoms with Crippen molar-refractivity contribution >= 4 is 28.5 Å². The Bertz CT molecular complexity index is 1410. The van der Waals surface area contributed by atoms with E-state index in [1.165, 1.54) is 0 Å². The van der Waals surface area contributed by atoms with Crippen LogP contribution in [0.2, 0.25) is 0 Å². The number of fused-ring (bicyclic) bond motifs is 1. The van der Waals surface area contributed by atoms with Gasteiger partial charge in [-0.25, -0.2) is 9.97 Å². The lowest BCUT2D eigenvalue weighted by Crippen LogP contribution is -2.40. The van der Waals surface area contributed by atoms with Crippen LogP contribution in [0, 0.1) is 11.3 Å². The van der Waals surface area contributed by atoms with Crippen molar-refractivity contribution in [1.29, 1.82) is 0 Å². The Hall–Kier alpha value is -3.75. The lowest BCUT2D eigenvalue weighted by Gasteiger charge is -2.32. The minimum absolute atomic E-state index is 0.0134. The maximum atomic E-state index is 13.5. The first-order valence-electron chi connectivity index (χ1n) is 14.9. The number of H-pyrrole nitrogens is 1. The maximum absolute atomic E-state index is 13.5. The third-order valence-corrected chi connectivity index (χ3v) is 8.97. The zero-order chi connectivity index (χ0) is 29.0. The van der Waals surface area contributed by atoms with Crippen LogP contribution in [0.4, 0.5) is 0 Å². The number of likely N-dealkylation sites (tertiary alicyclic amines) is 1. The number of pyridine rings is 1. The van der Waals surface area contributed by atoms with Gasteiger partial charge in [-0.2, -0.15) is 0 Å². The molecule has 2 fully saturated rings. The van der Waals surface area contributed by atoms with E-state index in [4.69, 9.17) is 9.72 Å². The highest BCUT2D eigenvalue weighted by molar-refractivity contribution is 5.86. The molecule has 41 heavy (non-hydrogen) atoms. The summed E-state index contributed by atoms with van der Waals surface area (Å²) in [4.78, 5) is 51.7. The summed E-state index contributed by atoms with van der Waals surface area (Å²) in [5, 5.41) is 4.31. The van der Waals surface area contributed by atoms with Crippen molar-refractivity contribution in [3.8, 4) is 17.1 Å². The lowest BCUT2D eigenvalue weighted by atomic mass is 9.90. The average Bonchev–Trinajstić information content (AvgIpc) is 3.45. The molecule has 1 aliphatic heterocycles. The number of ether oxygens (including phenoxy) is 1. The van der Waals surface area contributed by atoms with Crippen molar-refractivity contribution in [3.63, 3.8) is 0 Å². The first kappa shape index (κ1) is 28.8. The Morgan fingerprint density at radius 3 is 2.68 bits per heavy atom. The molecule has 9 heteroatoms. The zero-order valence-electron chi connectivity index (χ0n) is 24.4. The average molecular weight is 560 g/mol. The molecule has 0 radical (unpaired) electrons. The topological polar surface area (TPSA) is 117 Å². The maximum Gasteiger partial charge on any atom is 0.224 e. The molecular formula is C32H41N5O4. The highest BCUT2D eigenvalue weighted by atomic mass is 16.5. The van der Waals surface area contributed by atoms with Crippen LogP contribution < -0.4 is 10.1 Å². The Labute approximate surface area is 241 Å². The summed E-state index contributed by atoms with van der Waals surface area (Å²) in [5.74, 6) is 1.65. The molecule has 0 bridgehead atoms. The van der Waals surface area contributed by atoms with E-state index in [9.17, 15) is 14.4 Å². The van der Waals surface area contributed by atoms with E-state index in [1.807, 2.05) is 42.2 Å². The molecule has 3 heterocycles. The van der Waals surface area contributed by atoms with Crippen LogP contribution in [-0.4, -0.2) is 57.6 Å². The molecular weight excluding hydrogens is 518 g/mol. The summed E-state index contributed by atoms with van der Waals surface area (Å²) >= 11 is 0. The van der Waals surface area contributed by atoms with E-state index in [0.29, 0.717) is 30.3 Å². The summed E-state index contributed by atoms with van der Waals surface area (Å²) in [6, 6.07) is 9.67. The number of aromatic amines is 1. The lowest BCUT2D eigenvalue weighted by molar-refractivity contribution is -0.130. The molecule has 2 aromatic heterocycles. The number of benzene rings is 1. The van der Waals surface area contributed by atoms with Crippen LogP contribution in [0.3, 0.4) is 0 Å². The Kier molecular flexibility index (Phi) is 8.71. The molecule has 1 aromatic carbocycles. The van der Waals surface area contributed by atoms with Crippen LogP contribution in [0.15, 0.2) is 36.5 Å². The van der Waals surface area contributed by atoms with Crippen LogP contribution in [0.5, 0.6) is 5.88 Å². The number of Topliss-reactive ketones (excluding diaryl/α,β-unsaturated/α-hetero) is 1. The largest absolute Gasteiger partial charge is 0.480 e. The van der Waals surface area contributed by atoms with Gasteiger partial charge in [-0.15, -0.1) is 0 Å². The number of aromatic nitrogens is 3. The van der Waals surface area contributed by atoms with Crippen molar-refractivity contribution in [1.82, 2.24) is 25.2 Å². The minimum Gasteiger partial charge on any atom is -0.480 e. The number of carbonyl (C=O) groups excluding carboxylic acids is 3. The molecule has 1 aliphatic carbocycles. The molecule has 2 amide bonds. The highest BCUT2D eigenvalue weighted by Gasteiger charge is 2.58. The van der Waals surface area contributed by atoms with Gasteiger partial charge in [-0.3, -0.25) is 14.4 Å². The van der Waals surface area contributed by atoms with Gasteiger partial charge in [0.2, 0.25) is 17.7 Å². The monoisotopic (exact) mass is 559 g/mol. The zero-order valence-corrected chi connectivity index (χ0v) is 24.4. The van der Waals surface area contributed by atoms with Gasteiger partial charge >= 0.3 is 0 Å². The van der Waals surface area contributed by atoms with Gasteiger partial charge in [0.05, 0.1) is 36.1 Å². The fourth-order valence-corrected chi connectivity index (χ4v) is 6.21. The van der Waals surface area contributed by atoms with Crippen molar-refractivity contribution in [3.05, 3.63) is 42.4 Å². The van der Waals surface area contributed by atoms with E-state index < -0.39 is 0 Å². The molecule has 1 spiro atoms. The van der Waals surface area contributed by atoms with Gasteiger partial charge in [0.15, 0.2) is 0 Å². The fourth-order valence-electron chi connectivity index (χ4n) is 6.21. The highest BCUT2D eigenvalue weighted by Crippen LogP contribution is 2.59. The third-order valence-electron chi connectivity index (χ3n) is 8.97. The summed E-state index contributed by atoms with van der Waals surface area (Å²) in [6.45, 7) is 4.96. The molecule has 2 aliphatic rings. The van der Waals surface area contributed by atoms with E-state index >= 15 is 0 Å². The Morgan fingerprint density at radius 1 is 1.17 bits per heavy atom. The number of unbranched alkanes of at least 4 members (excludes halogenated alkanes) is 2. The van der Waals surface area contributed by atoms with Gasteiger partial charge in [0.25, 0.3) is 0 Å². The van der Waals surface area contributed by atoms with Gasteiger partial charge in [0, 0.05) is 44.2 Å². The quantitative estimate of drug-likeness (QED) is 0.288. The number of para-hydroxylation sites is 1. The Morgan fingerprint density at radius 2 is 1.95 bits per heavy atom. The van der Waals surface area contributed by atoms with E-state index in [2.05, 4.69) is 15.3 Å². The van der Waals surface area contributed by atoms with Crippen LogP contribution in [0.25, 0.3) is 22.2 Å². The van der Waals surface area contributed by atoms with Gasteiger partial charge < -0.3 is 19.9 Å². The number of nitrogens with zero attached hydrogens (tertiary/aromatic N) is 3. The SMILES string of the molecule is CCC(=O)CCCCC[C@H](NC(=O)[C@H]1CC12CCN(C(C)=O)CC2)c1ncc(-c2cc3ccccc3nc2OC)[nH]1. The summed E-state index contributed by atoms with van der Waals surface area (Å²) in [6.07, 6.45) is 8.96.